The van der Waals surface area contributed by atoms with Crippen molar-refractivity contribution in [1.29, 1.82) is 0 Å². The van der Waals surface area contributed by atoms with E-state index in [0.29, 0.717) is 0 Å². The lowest BCUT2D eigenvalue weighted by molar-refractivity contribution is -0.114. The summed E-state index contributed by atoms with van der Waals surface area (Å²) in [5.41, 5.74) is 3.29. The summed E-state index contributed by atoms with van der Waals surface area (Å²) in [6.45, 7) is 1.49. The molecule has 1 amide bonds. The Balaban J connectivity index is 1.87. The number of fused-ring (bicyclic) bond motifs is 1. The Labute approximate surface area is 170 Å². The van der Waals surface area contributed by atoms with Gasteiger partial charge < -0.3 is 9.73 Å². The van der Waals surface area contributed by atoms with Gasteiger partial charge in [0.15, 0.2) is 0 Å². The molecule has 0 radical (unpaired) electrons. The molecule has 5 heteroatoms. The molecule has 0 aliphatic carbocycles. The number of nitrogens with one attached hydrogen (secondary N) is 1. The molecule has 1 heterocycles. The Morgan fingerprint density at radius 1 is 0.964 bits per heavy atom. The molecule has 0 saturated heterocycles. The van der Waals surface area contributed by atoms with Gasteiger partial charge in [0.1, 0.15) is 11.3 Å². The van der Waals surface area contributed by atoms with Crippen LogP contribution in [0.2, 0.25) is 0 Å². The highest BCUT2D eigenvalue weighted by molar-refractivity contribution is 9.10. The third-order valence-corrected chi connectivity index (χ3v) is 4.69. The van der Waals surface area contributed by atoms with Gasteiger partial charge in [-0.3, -0.25) is 4.79 Å². The fourth-order valence-corrected chi connectivity index (χ4v) is 3.30. The van der Waals surface area contributed by atoms with Gasteiger partial charge in [-0.1, -0.05) is 46.3 Å². The number of nitrogens with zero attached hydrogens (tertiary/aromatic N) is 1. The van der Waals surface area contributed by atoms with Crippen LogP contribution < -0.4 is 10.7 Å². The molecule has 4 nitrogen and oxygen atoms in total. The summed E-state index contributed by atoms with van der Waals surface area (Å²) in [6.07, 6.45) is 0. The molecule has 0 unspecified atom stereocenters. The summed E-state index contributed by atoms with van der Waals surface area (Å²) < 4.78 is 7.07. The van der Waals surface area contributed by atoms with Crippen LogP contribution in [0.1, 0.15) is 6.92 Å². The number of carbonyl (C=O) groups is 1. The highest BCUT2D eigenvalue weighted by Crippen LogP contribution is 2.25. The summed E-state index contributed by atoms with van der Waals surface area (Å²) in [5, 5.41) is 4.49. The summed E-state index contributed by atoms with van der Waals surface area (Å²) in [6, 6.07) is 25.2. The van der Waals surface area contributed by atoms with Crippen LogP contribution in [0.4, 0.5) is 11.4 Å². The molecule has 138 valence electrons. The van der Waals surface area contributed by atoms with Crippen molar-refractivity contribution in [2.24, 2.45) is 4.99 Å². The van der Waals surface area contributed by atoms with Crippen LogP contribution in [0.15, 0.2) is 92.7 Å². The topological polar surface area (TPSA) is 54.6 Å². The molecule has 3 aromatic carbocycles. The SMILES string of the molecule is CC(=O)Nc1ccc(N=c2cc(-c3ccccc3)oc3ccc(Br)cc23)cc1. The number of amides is 1. The van der Waals surface area contributed by atoms with Crippen LogP contribution in [-0.4, -0.2) is 5.91 Å². The first kappa shape index (κ1) is 18.2. The number of hydrogen-bond donors (Lipinski definition) is 1. The van der Waals surface area contributed by atoms with Gasteiger partial charge in [-0.15, -0.1) is 0 Å². The van der Waals surface area contributed by atoms with E-state index in [0.717, 1.165) is 43.5 Å². The lowest BCUT2D eigenvalue weighted by atomic mass is 10.1. The van der Waals surface area contributed by atoms with E-state index < -0.39 is 0 Å². The van der Waals surface area contributed by atoms with Crippen molar-refractivity contribution in [2.75, 3.05) is 5.32 Å². The van der Waals surface area contributed by atoms with Gasteiger partial charge in [-0.2, -0.15) is 0 Å². The van der Waals surface area contributed by atoms with Crippen LogP contribution in [0.25, 0.3) is 22.3 Å². The molecule has 0 aliphatic rings. The Kier molecular flexibility index (Phi) is 5.08. The van der Waals surface area contributed by atoms with E-state index in [-0.39, 0.29) is 5.91 Å². The first-order valence-electron chi connectivity index (χ1n) is 8.80. The smallest absolute Gasteiger partial charge is 0.221 e. The monoisotopic (exact) mass is 432 g/mol. The Morgan fingerprint density at radius 2 is 1.71 bits per heavy atom. The second kappa shape index (κ2) is 7.82. The molecule has 0 fully saturated rings. The van der Waals surface area contributed by atoms with Crippen LogP contribution in [-0.2, 0) is 4.79 Å². The van der Waals surface area contributed by atoms with Crippen molar-refractivity contribution in [3.63, 3.8) is 0 Å². The van der Waals surface area contributed by atoms with Gasteiger partial charge in [0.25, 0.3) is 0 Å². The van der Waals surface area contributed by atoms with Gasteiger partial charge in [0.05, 0.1) is 11.0 Å². The molecule has 0 aliphatic heterocycles. The fourth-order valence-electron chi connectivity index (χ4n) is 2.94. The molecule has 0 atom stereocenters. The van der Waals surface area contributed by atoms with E-state index in [1.54, 1.807) is 0 Å². The van der Waals surface area contributed by atoms with Gasteiger partial charge in [-0.05, 0) is 42.5 Å². The summed E-state index contributed by atoms with van der Waals surface area (Å²) >= 11 is 3.52. The van der Waals surface area contributed by atoms with Gasteiger partial charge >= 0.3 is 0 Å². The Morgan fingerprint density at radius 3 is 2.43 bits per heavy atom. The quantitative estimate of drug-likeness (QED) is 0.428. The molecule has 4 aromatic rings. The number of rotatable bonds is 3. The molecule has 1 aromatic heterocycles. The standard InChI is InChI=1S/C23H17BrN2O2/c1-15(27)25-18-8-10-19(11-9-18)26-21-14-23(16-5-3-2-4-6-16)28-22-12-7-17(24)13-20(21)22/h2-14H,1H3,(H,25,27). The highest BCUT2D eigenvalue weighted by Gasteiger charge is 2.07. The second-order valence-electron chi connectivity index (χ2n) is 6.34. The third-order valence-electron chi connectivity index (χ3n) is 4.20. The van der Waals surface area contributed by atoms with Crippen LogP contribution in [0.3, 0.4) is 0 Å². The minimum Gasteiger partial charge on any atom is -0.456 e. The first-order valence-corrected chi connectivity index (χ1v) is 9.59. The van der Waals surface area contributed by atoms with E-state index in [2.05, 4.69) is 21.2 Å². The third kappa shape index (κ3) is 4.05. The zero-order valence-electron chi connectivity index (χ0n) is 15.1. The van der Waals surface area contributed by atoms with E-state index in [4.69, 9.17) is 9.41 Å². The van der Waals surface area contributed by atoms with E-state index >= 15 is 0 Å². The van der Waals surface area contributed by atoms with Crippen molar-refractivity contribution in [3.05, 3.63) is 88.7 Å². The number of hydrogen-bond acceptors (Lipinski definition) is 3. The molecule has 28 heavy (non-hydrogen) atoms. The maximum atomic E-state index is 11.2. The van der Waals surface area contributed by atoms with Gasteiger partial charge in [0.2, 0.25) is 5.91 Å². The zero-order chi connectivity index (χ0) is 19.5. The highest BCUT2D eigenvalue weighted by atomic mass is 79.9. The lowest BCUT2D eigenvalue weighted by Crippen LogP contribution is -2.05. The second-order valence-corrected chi connectivity index (χ2v) is 7.26. The lowest BCUT2D eigenvalue weighted by Gasteiger charge is -2.06. The Bertz CT molecular complexity index is 1210. The van der Waals surface area contributed by atoms with E-state index in [1.165, 1.54) is 6.92 Å². The molecule has 0 spiro atoms. The molecular formula is C23H17BrN2O2. The van der Waals surface area contributed by atoms with E-state index in [9.17, 15) is 4.79 Å². The molecule has 0 saturated carbocycles. The number of benzene rings is 3. The van der Waals surface area contributed by atoms with Gasteiger partial charge in [0, 0.05) is 34.1 Å². The Hall–Kier alpha value is -3.18. The number of anilines is 1. The average Bonchev–Trinajstić information content (AvgIpc) is 2.70. The van der Waals surface area contributed by atoms with Crippen LogP contribution in [0, 0.1) is 0 Å². The molecule has 1 N–H and O–H groups in total. The van der Waals surface area contributed by atoms with Crippen molar-refractivity contribution in [1.82, 2.24) is 0 Å². The summed E-state index contributed by atoms with van der Waals surface area (Å²) in [5.74, 6) is 0.654. The van der Waals surface area contributed by atoms with Crippen molar-refractivity contribution < 1.29 is 9.21 Å². The molecule has 0 bridgehead atoms. The minimum atomic E-state index is -0.0993. The van der Waals surface area contributed by atoms with Gasteiger partial charge in [-0.25, -0.2) is 4.99 Å². The molecule has 4 rings (SSSR count). The zero-order valence-corrected chi connectivity index (χ0v) is 16.7. The van der Waals surface area contributed by atoms with Crippen molar-refractivity contribution in [2.45, 2.75) is 6.92 Å². The first-order chi connectivity index (χ1) is 13.6. The number of halogens is 1. The summed E-state index contributed by atoms with van der Waals surface area (Å²) in [7, 11) is 0. The summed E-state index contributed by atoms with van der Waals surface area (Å²) in [4.78, 5) is 16.0. The van der Waals surface area contributed by atoms with Crippen LogP contribution in [0.5, 0.6) is 0 Å². The van der Waals surface area contributed by atoms with Crippen molar-refractivity contribution >= 4 is 44.2 Å². The van der Waals surface area contributed by atoms with E-state index in [1.807, 2.05) is 78.9 Å². The molecular weight excluding hydrogens is 416 g/mol. The predicted molar refractivity (Wildman–Crippen MR) is 115 cm³/mol. The average molecular weight is 433 g/mol. The normalized spacial score (nSPS) is 11.6. The number of carbonyl (C=O) groups excluding carboxylic acids is 1. The maximum absolute atomic E-state index is 11.2. The fraction of sp³-hybridized carbons (Fsp3) is 0.0435. The predicted octanol–water partition coefficient (Wildman–Crippen LogP) is 6.05. The largest absolute Gasteiger partial charge is 0.456 e. The van der Waals surface area contributed by atoms with Crippen LogP contribution >= 0.6 is 15.9 Å². The van der Waals surface area contributed by atoms with Crippen molar-refractivity contribution in [3.8, 4) is 11.3 Å². The minimum absolute atomic E-state index is 0.0993. The maximum Gasteiger partial charge on any atom is 0.221 e.